The van der Waals surface area contributed by atoms with E-state index >= 15 is 0 Å². The maximum atomic E-state index is 6.53. The topological polar surface area (TPSA) is 26.0 Å². The lowest BCUT2D eigenvalue weighted by atomic mass is 9.88. The van der Waals surface area contributed by atoms with Crippen LogP contribution in [0.1, 0.15) is 129 Å². The first kappa shape index (κ1) is 26.2. The molecular formula is C28H51N. The molecule has 0 aliphatic heterocycles. The highest BCUT2D eigenvalue weighted by Crippen LogP contribution is 2.21. The number of rotatable bonds is 20. The van der Waals surface area contributed by atoms with Crippen molar-refractivity contribution in [3.63, 3.8) is 0 Å². The first-order valence-electron chi connectivity index (χ1n) is 13.1. The van der Waals surface area contributed by atoms with Crippen LogP contribution in [0.15, 0.2) is 30.3 Å². The highest BCUT2D eigenvalue weighted by molar-refractivity contribution is 5.14. The second kappa shape index (κ2) is 19.2. The van der Waals surface area contributed by atoms with E-state index in [1.165, 1.54) is 108 Å². The molecule has 1 nitrogen and oxygen atoms in total. The zero-order valence-corrected chi connectivity index (χ0v) is 19.8. The molecule has 1 rings (SSSR count). The van der Waals surface area contributed by atoms with Crippen molar-refractivity contribution >= 4 is 0 Å². The van der Waals surface area contributed by atoms with Crippen LogP contribution in [-0.2, 0) is 6.42 Å². The predicted molar refractivity (Wildman–Crippen MR) is 131 cm³/mol. The van der Waals surface area contributed by atoms with Gasteiger partial charge in [0, 0.05) is 6.04 Å². The van der Waals surface area contributed by atoms with Crippen molar-refractivity contribution in [2.45, 2.75) is 135 Å². The zero-order valence-electron chi connectivity index (χ0n) is 19.8. The van der Waals surface area contributed by atoms with E-state index in [4.69, 9.17) is 5.73 Å². The van der Waals surface area contributed by atoms with Crippen molar-refractivity contribution in [2.75, 3.05) is 0 Å². The standard InChI is InChI=1S/C28H51N/c1-3-5-6-7-8-9-10-11-12-13-14-15-16-20-23-27(4-2)28(29)25-24-26-21-18-17-19-22-26/h17-19,21-22,27-28H,3-16,20,23-25,29H2,1-2H3. The Kier molecular flexibility index (Phi) is 17.3. The van der Waals surface area contributed by atoms with Gasteiger partial charge in [0.25, 0.3) is 0 Å². The molecule has 0 radical (unpaired) electrons. The second-order valence-electron chi connectivity index (χ2n) is 9.24. The van der Waals surface area contributed by atoms with Crippen LogP contribution >= 0.6 is 0 Å². The van der Waals surface area contributed by atoms with Crippen molar-refractivity contribution in [1.82, 2.24) is 0 Å². The third-order valence-electron chi connectivity index (χ3n) is 6.67. The Balaban J connectivity index is 1.92. The van der Waals surface area contributed by atoms with Gasteiger partial charge in [0.2, 0.25) is 0 Å². The molecule has 0 bridgehead atoms. The van der Waals surface area contributed by atoms with Crippen LogP contribution in [0.3, 0.4) is 0 Å². The lowest BCUT2D eigenvalue weighted by Gasteiger charge is -2.22. The Morgan fingerprint density at radius 3 is 1.59 bits per heavy atom. The Hall–Kier alpha value is -0.820. The Morgan fingerprint density at radius 1 is 0.621 bits per heavy atom. The fourth-order valence-corrected chi connectivity index (χ4v) is 4.54. The van der Waals surface area contributed by atoms with Gasteiger partial charge in [-0.2, -0.15) is 0 Å². The largest absolute Gasteiger partial charge is 0.327 e. The van der Waals surface area contributed by atoms with Gasteiger partial charge in [0.1, 0.15) is 0 Å². The predicted octanol–water partition coefficient (Wildman–Crippen LogP) is 8.84. The molecule has 0 saturated heterocycles. The molecule has 0 fully saturated rings. The minimum atomic E-state index is 0.363. The van der Waals surface area contributed by atoms with Gasteiger partial charge in [0.15, 0.2) is 0 Å². The summed E-state index contributed by atoms with van der Waals surface area (Å²) in [7, 11) is 0. The van der Waals surface area contributed by atoms with Crippen molar-refractivity contribution in [3.05, 3.63) is 35.9 Å². The summed E-state index contributed by atoms with van der Waals surface area (Å²) < 4.78 is 0. The average Bonchev–Trinajstić information content (AvgIpc) is 2.75. The summed E-state index contributed by atoms with van der Waals surface area (Å²) >= 11 is 0. The van der Waals surface area contributed by atoms with Crippen molar-refractivity contribution in [1.29, 1.82) is 0 Å². The SMILES string of the molecule is CCCCCCCCCCCCCCCCC(CC)C(N)CCc1ccccc1. The van der Waals surface area contributed by atoms with Crippen LogP contribution in [0.25, 0.3) is 0 Å². The summed E-state index contributed by atoms with van der Waals surface area (Å²) in [6.07, 6.45) is 24.9. The molecule has 2 unspecified atom stereocenters. The maximum Gasteiger partial charge on any atom is 0.00702 e. The summed E-state index contributed by atoms with van der Waals surface area (Å²) in [5, 5.41) is 0. The Labute approximate surface area is 183 Å². The van der Waals surface area contributed by atoms with Crippen molar-refractivity contribution in [3.8, 4) is 0 Å². The molecule has 0 aliphatic rings. The lowest BCUT2D eigenvalue weighted by molar-refractivity contribution is 0.351. The minimum absolute atomic E-state index is 0.363. The molecular weight excluding hydrogens is 350 g/mol. The van der Waals surface area contributed by atoms with Crippen molar-refractivity contribution < 1.29 is 0 Å². The normalized spacial score (nSPS) is 13.5. The molecule has 1 heteroatoms. The molecule has 1 aromatic rings. The molecule has 0 aliphatic carbocycles. The number of unbranched alkanes of at least 4 members (excludes halogenated alkanes) is 13. The maximum absolute atomic E-state index is 6.53. The molecule has 0 heterocycles. The number of aryl methyl sites for hydroxylation is 1. The fourth-order valence-electron chi connectivity index (χ4n) is 4.54. The van der Waals surface area contributed by atoms with Gasteiger partial charge in [-0.1, -0.05) is 140 Å². The third kappa shape index (κ3) is 14.8. The van der Waals surface area contributed by atoms with E-state index < -0.39 is 0 Å². The van der Waals surface area contributed by atoms with Crippen LogP contribution in [0.5, 0.6) is 0 Å². The molecule has 0 amide bonds. The second-order valence-corrected chi connectivity index (χ2v) is 9.24. The highest BCUT2D eigenvalue weighted by Gasteiger charge is 2.15. The highest BCUT2D eigenvalue weighted by atomic mass is 14.6. The third-order valence-corrected chi connectivity index (χ3v) is 6.67. The van der Waals surface area contributed by atoms with Gasteiger partial charge >= 0.3 is 0 Å². The Morgan fingerprint density at radius 2 is 1.10 bits per heavy atom. The summed E-state index contributed by atoms with van der Waals surface area (Å²) in [6.45, 7) is 4.61. The number of hydrogen-bond donors (Lipinski definition) is 1. The van der Waals surface area contributed by atoms with Gasteiger partial charge in [-0.15, -0.1) is 0 Å². The smallest absolute Gasteiger partial charge is 0.00702 e. The number of benzene rings is 1. The van der Waals surface area contributed by atoms with Crippen LogP contribution in [0, 0.1) is 5.92 Å². The van der Waals surface area contributed by atoms with E-state index in [-0.39, 0.29) is 0 Å². The summed E-state index contributed by atoms with van der Waals surface area (Å²) in [6, 6.07) is 11.2. The van der Waals surface area contributed by atoms with Gasteiger partial charge in [-0.25, -0.2) is 0 Å². The van der Waals surface area contributed by atoms with E-state index in [0.29, 0.717) is 12.0 Å². The summed E-state index contributed by atoms with van der Waals surface area (Å²) in [5.74, 6) is 0.705. The van der Waals surface area contributed by atoms with Crippen molar-refractivity contribution in [2.24, 2.45) is 11.7 Å². The minimum Gasteiger partial charge on any atom is -0.327 e. The molecule has 0 spiro atoms. The van der Waals surface area contributed by atoms with E-state index in [0.717, 1.165) is 12.8 Å². The zero-order chi connectivity index (χ0) is 21.0. The molecule has 1 aromatic carbocycles. The molecule has 0 aromatic heterocycles. The van der Waals surface area contributed by atoms with E-state index in [1.54, 1.807) is 0 Å². The molecule has 168 valence electrons. The summed E-state index contributed by atoms with van der Waals surface area (Å²) in [4.78, 5) is 0. The summed E-state index contributed by atoms with van der Waals surface area (Å²) in [5.41, 5.74) is 7.96. The van der Waals surface area contributed by atoms with Gasteiger partial charge in [0.05, 0.1) is 0 Å². The quantitative estimate of drug-likeness (QED) is 0.217. The lowest BCUT2D eigenvalue weighted by Crippen LogP contribution is -2.30. The monoisotopic (exact) mass is 401 g/mol. The molecule has 2 atom stereocenters. The number of hydrogen-bond acceptors (Lipinski definition) is 1. The van der Waals surface area contributed by atoms with Crippen LogP contribution in [0.2, 0.25) is 0 Å². The molecule has 2 N–H and O–H groups in total. The van der Waals surface area contributed by atoms with Crippen LogP contribution in [-0.4, -0.2) is 6.04 Å². The molecule has 29 heavy (non-hydrogen) atoms. The average molecular weight is 402 g/mol. The Bertz CT molecular complexity index is 441. The molecule has 0 saturated carbocycles. The van der Waals surface area contributed by atoms with E-state index in [2.05, 4.69) is 44.2 Å². The number of nitrogens with two attached hydrogens (primary N) is 1. The first-order valence-corrected chi connectivity index (χ1v) is 13.1. The van der Waals surface area contributed by atoms with Crippen LogP contribution < -0.4 is 5.73 Å². The van der Waals surface area contributed by atoms with E-state index in [1.807, 2.05) is 0 Å². The van der Waals surface area contributed by atoms with Crippen LogP contribution in [0.4, 0.5) is 0 Å². The van der Waals surface area contributed by atoms with Gasteiger partial charge in [-0.3, -0.25) is 0 Å². The first-order chi connectivity index (χ1) is 14.3. The van der Waals surface area contributed by atoms with Gasteiger partial charge < -0.3 is 5.73 Å². The fraction of sp³-hybridized carbons (Fsp3) is 0.786. The van der Waals surface area contributed by atoms with Gasteiger partial charge in [-0.05, 0) is 30.7 Å². The van der Waals surface area contributed by atoms with E-state index in [9.17, 15) is 0 Å².